The summed E-state index contributed by atoms with van der Waals surface area (Å²) in [7, 11) is 0. The molecule has 0 radical (unpaired) electrons. The number of hydrogen-bond acceptors (Lipinski definition) is 3. The molecule has 0 amide bonds. The van der Waals surface area contributed by atoms with Gasteiger partial charge in [0.15, 0.2) is 0 Å². The van der Waals surface area contributed by atoms with E-state index in [4.69, 9.17) is 0 Å². The minimum absolute atomic E-state index is 0.0255. The van der Waals surface area contributed by atoms with Crippen LogP contribution in [0.3, 0.4) is 0 Å². The summed E-state index contributed by atoms with van der Waals surface area (Å²) in [6.07, 6.45) is -0.713. The number of rotatable bonds is 1. The SMILES string of the molecule is FC(F)(F)N1N=CC=CN1c1ccccc1. The van der Waals surface area contributed by atoms with Crippen LogP contribution in [-0.2, 0) is 0 Å². The number of nitrogens with zero attached hydrogens (tertiary/aromatic N) is 3. The van der Waals surface area contributed by atoms with Crippen LogP contribution in [-0.4, -0.2) is 17.6 Å². The number of alkyl halides is 3. The van der Waals surface area contributed by atoms with Gasteiger partial charge in [0, 0.05) is 6.20 Å². The van der Waals surface area contributed by atoms with Crippen molar-refractivity contribution >= 4 is 11.9 Å². The first-order valence-electron chi connectivity index (χ1n) is 4.51. The lowest BCUT2D eigenvalue weighted by atomic mass is 10.3. The molecule has 16 heavy (non-hydrogen) atoms. The molecule has 0 saturated heterocycles. The lowest BCUT2D eigenvalue weighted by Gasteiger charge is -2.33. The van der Waals surface area contributed by atoms with Crippen molar-refractivity contribution in [1.82, 2.24) is 5.12 Å². The van der Waals surface area contributed by atoms with Crippen LogP contribution in [0.25, 0.3) is 0 Å². The van der Waals surface area contributed by atoms with Crippen molar-refractivity contribution in [2.24, 2.45) is 5.10 Å². The highest BCUT2D eigenvalue weighted by atomic mass is 19.4. The summed E-state index contributed by atoms with van der Waals surface area (Å²) in [5, 5.41) is 4.19. The molecule has 1 aliphatic heterocycles. The standard InChI is InChI=1S/C10H8F3N3/c11-10(12,13)16-14-7-4-8-15(16)9-5-2-1-3-6-9/h1-8H. The molecule has 0 bridgehead atoms. The fourth-order valence-corrected chi connectivity index (χ4v) is 1.30. The highest BCUT2D eigenvalue weighted by Gasteiger charge is 2.41. The van der Waals surface area contributed by atoms with E-state index >= 15 is 0 Å². The van der Waals surface area contributed by atoms with Crippen LogP contribution < -0.4 is 5.01 Å². The Bertz CT molecular complexity index is 411. The van der Waals surface area contributed by atoms with Crippen LogP contribution in [0.2, 0.25) is 0 Å². The predicted octanol–water partition coefficient (Wildman–Crippen LogP) is 2.74. The summed E-state index contributed by atoms with van der Waals surface area (Å²) >= 11 is 0. The molecule has 6 heteroatoms. The lowest BCUT2D eigenvalue weighted by molar-refractivity contribution is -0.247. The normalized spacial score (nSPS) is 15.7. The minimum atomic E-state index is -4.54. The molecule has 0 spiro atoms. The second-order valence-electron chi connectivity index (χ2n) is 3.04. The van der Waals surface area contributed by atoms with Crippen molar-refractivity contribution in [3.8, 4) is 0 Å². The van der Waals surface area contributed by atoms with Gasteiger partial charge in [-0.05, 0) is 18.2 Å². The van der Waals surface area contributed by atoms with Gasteiger partial charge in [-0.1, -0.05) is 18.2 Å². The second-order valence-corrected chi connectivity index (χ2v) is 3.04. The minimum Gasteiger partial charge on any atom is -0.237 e. The molecule has 1 aromatic carbocycles. The third-order valence-corrected chi connectivity index (χ3v) is 1.94. The maximum Gasteiger partial charge on any atom is 0.519 e. The van der Waals surface area contributed by atoms with E-state index in [-0.39, 0.29) is 5.12 Å². The Morgan fingerprint density at radius 3 is 2.38 bits per heavy atom. The van der Waals surface area contributed by atoms with Crippen molar-refractivity contribution in [3.63, 3.8) is 0 Å². The Hall–Kier alpha value is -1.98. The number of hydrazone groups is 1. The van der Waals surface area contributed by atoms with Crippen molar-refractivity contribution in [3.05, 3.63) is 42.6 Å². The monoisotopic (exact) mass is 227 g/mol. The van der Waals surface area contributed by atoms with Crippen molar-refractivity contribution in [2.75, 3.05) is 5.01 Å². The number of anilines is 1. The van der Waals surface area contributed by atoms with Gasteiger partial charge in [0.05, 0.1) is 11.9 Å². The molecule has 0 fully saturated rings. The molecule has 3 nitrogen and oxygen atoms in total. The van der Waals surface area contributed by atoms with E-state index in [2.05, 4.69) is 5.10 Å². The lowest BCUT2D eigenvalue weighted by Crippen LogP contribution is -2.46. The second kappa shape index (κ2) is 3.88. The average molecular weight is 227 g/mol. The maximum atomic E-state index is 12.6. The summed E-state index contributed by atoms with van der Waals surface area (Å²) in [5.74, 6) is 0. The van der Waals surface area contributed by atoms with Gasteiger partial charge < -0.3 is 0 Å². The topological polar surface area (TPSA) is 18.8 Å². The molecule has 84 valence electrons. The zero-order valence-electron chi connectivity index (χ0n) is 8.09. The van der Waals surface area contributed by atoms with Crippen molar-refractivity contribution < 1.29 is 13.2 Å². The first-order chi connectivity index (χ1) is 7.59. The van der Waals surface area contributed by atoms with Gasteiger partial charge >= 0.3 is 6.30 Å². The van der Waals surface area contributed by atoms with Gasteiger partial charge in [-0.25, -0.2) is 5.01 Å². The zero-order chi connectivity index (χ0) is 11.6. The molecule has 0 unspecified atom stereocenters. The quantitative estimate of drug-likeness (QED) is 0.687. The molecule has 1 heterocycles. The molecule has 1 aliphatic rings. The molecule has 0 N–H and O–H groups in total. The van der Waals surface area contributed by atoms with Crippen molar-refractivity contribution in [1.29, 1.82) is 0 Å². The Morgan fingerprint density at radius 1 is 1.06 bits per heavy atom. The van der Waals surface area contributed by atoms with E-state index in [1.807, 2.05) is 0 Å². The maximum absolute atomic E-state index is 12.6. The summed E-state index contributed by atoms with van der Waals surface area (Å²) in [6, 6.07) is 8.21. The number of halogens is 3. The molecular formula is C10H8F3N3. The van der Waals surface area contributed by atoms with E-state index in [9.17, 15) is 13.2 Å². The summed E-state index contributed by atoms with van der Waals surface area (Å²) in [5.41, 5.74) is 0.396. The zero-order valence-corrected chi connectivity index (χ0v) is 8.09. The first-order valence-corrected chi connectivity index (χ1v) is 4.51. The average Bonchev–Trinajstić information content (AvgIpc) is 2.29. The van der Waals surface area contributed by atoms with Crippen LogP contribution in [0.5, 0.6) is 0 Å². The predicted molar refractivity (Wildman–Crippen MR) is 54.4 cm³/mol. The highest BCUT2D eigenvalue weighted by molar-refractivity contribution is 5.73. The summed E-state index contributed by atoms with van der Waals surface area (Å²) in [4.78, 5) is 0. The Morgan fingerprint density at radius 2 is 1.75 bits per heavy atom. The number of hydrazine groups is 1. The Kier molecular flexibility index (Phi) is 2.55. The fraction of sp³-hybridized carbons (Fsp3) is 0.100. The van der Waals surface area contributed by atoms with Crippen LogP contribution >= 0.6 is 0 Å². The fourth-order valence-electron chi connectivity index (χ4n) is 1.30. The molecule has 1 aromatic rings. The van der Waals surface area contributed by atoms with Gasteiger partial charge in [0.25, 0.3) is 0 Å². The molecule has 0 atom stereocenters. The van der Waals surface area contributed by atoms with E-state index in [1.54, 1.807) is 30.3 Å². The van der Waals surface area contributed by atoms with Gasteiger partial charge in [0.1, 0.15) is 0 Å². The smallest absolute Gasteiger partial charge is 0.237 e. The third-order valence-electron chi connectivity index (χ3n) is 1.94. The molecule has 0 saturated carbocycles. The molecule has 0 aromatic heterocycles. The summed E-state index contributed by atoms with van der Waals surface area (Å²) in [6.45, 7) is 0. The summed E-state index contributed by atoms with van der Waals surface area (Å²) < 4.78 is 37.8. The van der Waals surface area contributed by atoms with Crippen molar-refractivity contribution in [2.45, 2.75) is 6.30 Å². The van der Waals surface area contributed by atoms with Crippen LogP contribution in [0, 0.1) is 0 Å². The third kappa shape index (κ3) is 2.00. The van der Waals surface area contributed by atoms with Gasteiger partial charge in [0.2, 0.25) is 0 Å². The van der Waals surface area contributed by atoms with Crippen LogP contribution in [0.4, 0.5) is 18.9 Å². The first kappa shape index (κ1) is 10.5. The van der Waals surface area contributed by atoms with Crippen LogP contribution in [0.1, 0.15) is 0 Å². The number of allylic oxidation sites excluding steroid dienone is 1. The molecule has 2 rings (SSSR count). The Balaban J connectivity index is 2.33. The number of benzene rings is 1. The van der Waals surface area contributed by atoms with Crippen LogP contribution in [0.15, 0.2) is 47.7 Å². The Labute approximate surface area is 90.0 Å². The van der Waals surface area contributed by atoms with Gasteiger partial charge in [-0.3, -0.25) is 0 Å². The number of para-hydroxylation sites is 1. The van der Waals surface area contributed by atoms with E-state index in [0.29, 0.717) is 5.69 Å². The van der Waals surface area contributed by atoms with Gasteiger partial charge in [-0.2, -0.15) is 5.10 Å². The van der Waals surface area contributed by atoms with E-state index in [1.165, 1.54) is 12.3 Å². The molecule has 0 aliphatic carbocycles. The largest absolute Gasteiger partial charge is 0.519 e. The highest BCUT2D eigenvalue weighted by Crippen LogP contribution is 2.29. The number of hydrogen-bond donors (Lipinski definition) is 0. The van der Waals surface area contributed by atoms with E-state index in [0.717, 1.165) is 11.2 Å². The molecular weight excluding hydrogens is 219 g/mol. The van der Waals surface area contributed by atoms with Gasteiger partial charge in [-0.15, -0.1) is 18.3 Å². The van der Waals surface area contributed by atoms with E-state index < -0.39 is 6.30 Å².